The van der Waals surface area contributed by atoms with E-state index in [4.69, 9.17) is 0 Å². The number of nitrogens with zero attached hydrogens (tertiary/aromatic N) is 3. The molecule has 0 heterocycles. The van der Waals surface area contributed by atoms with Crippen LogP contribution in [-0.2, 0) is 0 Å². The second kappa shape index (κ2) is 6.01. The van der Waals surface area contributed by atoms with Crippen LogP contribution in [-0.4, -0.2) is 61.2 Å². The maximum absolute atomic E-state index is 9.41. The van der Waals surface area contributed by atoms with Crippen LogP contribution in [0.25, 0.3) is 0 Å². The van der Waals surface area contributed by atoms with Gasteiger partial charge >= 0.3 is 0 Å². The lowest BCUT2D eigenvalue weighted by Crippen LogP contribution is -2.57. The molecule has 4 nitrogen and oxygen atoms in total. The number of nitrogens with one attached hydrogen (secondary N) is 1. The average molecular weight is 278 g/mol. The van der Waals surface area contributed by atoms with Crippen LogP contribution < -0.4 is 5.32 Å². The average Bonchev–Trinajstić information content (AvgIpc) is 3.14. The summed E-state index contributed by atoms with van der Waals surface area (Å²) in [6.45, 7) is 4.15. The molecule has 2 aliphatic rings. The van der Waals surface area contributed by atoms with Gasteiger partial charge in [-0.25, -0.2) is 0 Å². The standard InChI is InChI=1S/C16H30N4/c1-15(12-17,18-14-6-7-14)10-11-20(4)13-16(19(2)3)8-5-9-16/h14,18H,5-11,13H2,1-4H3. The topological polar surface area (TPSA) is 42.3 Å². The van der Waals surface area contributed by atoms with Gasteiger partial charge in [0, 0.05) is 24.7 Å². The van der Waals surface area contributed by atoms with Gasteiger partial charge in [0.1, 0.15) is 5.54 Å². The molecule has 20 heavy (non-hydrogen) atoms. The first-order chi connectivity index (χ1) is 9.39. The predicted octanol–water partition coefficient (Wildman–Crippen LogP) is 1.83. The maximum atomic E-state index is 9.41. The van der Waals surface area contributed by atoms with Gasteiger partial charge in [0.2, 0.25) is 0 Å². The molecule has 0 aromatic heterocycles. The van der Waals surface area contributed by atoms with Crippen LogP contribution in [0, 0.1) is 11.3 Å². The van der Waals surface area contributed by atoms with Crippen molar-refractivity contribution in [1.82, 2.24) is 15.1 Å². The Labute approximate surface area is 124 Å². The van der Waals surface area contributed by atoms with E-state index in [-0.39, 0.29) is 5.54 Å². The second-order valence-corrected chi connectivity index (χ2v) is 7.32. The minimum Gasteiger partial charge on any atom is -0.304 e. The van der Waals surface area contributed by atoms with E-state index in [1.165, 1.54) is 32.1 Å². The summed E-state index contributed by atoms with van der Waals surface area (Å²) >= 11 is 0. The third-order valence-electron chi connectivity index (χ3n) is 5.14. The zero-order chi connectivity index (χ0) is 14.8. The summed E-state index contributed by atoms with van der Waals surface area (Å²) in [4.78, 5) is 4.79. The van der Waals surface area contributed by atoms with Gasteiger partial charge < -0.3 is 9.80 Å². The van der Waals surface area contributed by atoms with Crippen molar-refractivity contribution in [1.29, 1.82) is 5.26 Å². The molecule has 2 rings (SSSR count). The molecule has 1 N–H and O–H groups in total. The Hall–Kier alpha value is -0.630. The fourth-order valence-electron chi connectivity index (χ4n) is 3.17. The smallest absolute Gasteiger partial charge is 0.105 e. The fraction of sp³-hybridized carbons (Fsp3) is 0.938. The minimum absolute atomic E-state index is 0.361. The molecular weight excluding hydrogens is 248 g/mol. The number of likely N-dealkylation sites (N-methyl/N-ethyl adjacent to an activating group) is 2. The van der Waals surface area contributed by atoms with Crippen molar-refractivity contribution in [2.75, 3.05) is 34.2 Å². The zero-order valence-electron chi connectivity index (χ0n) is 13.6. The lowest BCUT2D eigenvalue weighted by molar-refractivity contribution is 0.0265. The summed E-state index contributed by atoms with van der Waals surface area (Å²) in [7, 11) is 6.58. The van der Waals surface area contributed by atoms with Crippen molar-refractivity contribution in [3.05, 3.63) is 0 Å². The van der Waals surface area contributed by atoms with Crippen LogP contribution in [0.5, 0.6) is 0 Å². The first-order valence-electron chi connectivity index (χ1n) is 7.94. The second-order valence-electron chi connectivity index (χ2n) is 7.32. The summed E-state index contributed by atoms with van der Waals surface area (Å²) in [6.07, 6.45) is 7.33. The van der Waals surface area contributed by atoms with Crippen LogP contribution in [0.15, 0.2) is 0 Å². The first-order valence-corrected chi connectivity index (χ1v) is 7.94. The highest BCUT2D eigenvalue weighted by Gasteiger charge is 2.40. The van der Waals surface area contributed by atoms with E-state index in [2.05, 4.69) is 42.3 Å². The molecule has 2 aliphatic carbocycles. The summed E-state index contributed by atoms with van der Waals surface area (Å²) in [5.74, 6) is 0. The Morgan fingerprint density at radius 1 is 1.30 bits per heavy atom. The number of hydrogen-bond donors (Lipinski definition) is 1. The molecule has 2 saturated carbocycles. The predicted molar refractivity (Wildman–Crippen MR) is 82.6 cm³/mol. The fourth-order valence-corrected chi connectivity index (χ4v) is 3.17. The molecule has 0 aliphatic heterocycles. The molecule has 0 aromatic rings. The van der Waals surface area contributed by atoms with Gasteiger partial charge in [0.25, 0.3) is 0 Å². The Morgan fingerprint density at radius 3 is 2.35 bits per heavy atom. The van der Waals surface area contributed by atoms with E-state index in [1.54, 1.807) is 0 Å². The molecule has 0 radical (unpaired) electrons. The first kappa shape index (κ1) is 15.8. The van der Waals surface area contributed by atoms with Crippen molar-refractivity contribution in [3.8, 4) is 6.07 Å². The van der Waals surface area contributed by atoms with Crippen LogP contribution in [0.1, 0.15) is 45.4 Å². The maximum Gasteiger partial charge on any atom is 0.105 e. The molecule has 0 aromatic carbocycles. The van der Waals surface area contributed by atoms with Gasteiger partial charge in [-0.05, 0) is 66.6 Å². The van der Waals surface area contributed by atoms with E-state index in [0.717, 1.165) is 19.5 Å². The summed E-state index contributed by atoms with van der Waals surface area (Å²) in [5, 5.41) is 12.9. The van der Waals surface area contributed by atoms with E-state index < -0.39 is 0 Å². The lowest BCUT2D eigenvalue weighted by atomic mass is 9.75. The molecule has 0 amide bonds. The Morgan fingerprint density at radius 2 is 1.95 bits per heavy atom. The molecular formula is C16H30N4. The summed E-state index contributed by atoms with van der Waals surface area (Å²) < 4.78 is 0. The zero-order valence-corrected chi connectivity index (χ0v) is 13.6. The number of hydrogen-bond acceptors (Lipinski definition) is 4. The van der Waals surface area contributed by atoms with Gasteiger partial charge in [-0.15, -0.1) is 0 Å². The Balaban J connectivity index is 1.79. The normalized spacial score (nSPS) is 24.2. The largest absolute Gasteiger partial charge is 0.304 e. The van der Waals surface area contributed by atoms with Gasteiger partial charge in [-0.3, -0.25) is 5.32 Å². The van der Waals surface area contributed by atoms with Crippen molar-refractivity contribution in [2.24, 2.45) is 0 Å². The van der Waals surface area contributed by atoms with Crippen LogP contribution in [0.4, 0.5) is 0 Å². The quantitative estimate of drug-likeness (QED) is 0.735. The van der Waals surface area contributed by atoms with E-state index in [0.29, 0.717) is 11.6 Å². The third kappa shape index (κ3) is 3.72. The third-order valence-corrected chi connectivity index (χ3v) is 5.14. The highest BCUT2D eigenvalue weighted by Crippen LogP contribution is 2.36. The van der Waals surface area contributed by atoms with Gasteiger partial charge in [0.15, 0.2) is 0 Å². The molecule has 4 heteroatoms. The molecule has 0 saturated heterocycles. The molecule has 0 spiro atoms. The van der Waals surface area contributed by atoms with Crippen molar-refractivity contribution >= 4 is 0 Å². The van der Waals surface area contributed by atoms with E-state index >= 15 is 0 Å². The summed E-state index contributed by atoms with van der Waals surface area (Å²) in [6, 6.07) is 3.06. The number of rotatable bonds is 8. The molecule has 114 valence electrons. The highest BCUT2D eigenvalue weighted by atomic mass is 15.2. The van der Waals surface area contributed by atoms with E-state index in [1.807, 2.05) is 6.92 Å². The molecule has 1 unspecified atom stereocenters. The monoisotopic (exact) mass is 278 g/mol. The Bertz CT molecular complexity index is 365. The van der Waals surface area contributed by atoms with Crippen molar-refractivity contribution in [3.63, 3.8) is 0 Å². The van der Waals surface area contributed by atoms with Crippen molar-refractivity contribution < 1.29 is 0 Å². The van der Waals surface area contributed by atoms with Crippen LogP contribution in [0.3, 0.4) is 0 Å². The van der Waals surface area contributed by atoms with Gasteiger partial charge in [-0.2, -0.15) is 5.26 Å². The lowest BCUT2D eigenvalue weighted by Gasteiger charge is -2.49. The molecule has 1 atom stereocenters. The van der Waals surface area contributed by atoms with E-state index in [9.17, 15) is 5.26 Å². The highest BCUT2D eigenvalue weighted by molar-refractivity contribution is 5.07. The van der Waals surface area contributed by atoms with Gasteiger partial charge in [0.05, 0.1) is 6.07 Å². The SMILES string of the molecule is CN(CCC(C)(C#N)NC1CC1)CC1(N(C)C)CCC1. The van der Waals surface area contributed by atoms with Crippen molar-refractivity contribution in [2.45, 2.75) is 62.6 Å². The molecule has 0 bridgehead atoms. The summed E-state index contributed by atoms with van der Waals surface area (Å²) in [5.41, 5.74) is 0.0159. The van der Waals surface area contributed by atoms with Crippen LogP contribution >= 0.6 is 0 Å². The number of nitriles is 1. The minimum atomic E-state index is -0.361. The molecule has 2 fully saturated rings. The van der Waals surface area contributed by atoms with Crippen LogP contribution in [0.2, 0.25) is 0 Å². The Kier molecular flexibility index (Phi) is 4.73. The van der Waals surface area contributed by atoms with Gasteiger partial charge in [-0.1, -0.05) is 0 Å².